The summed E-state index contributed by atoms with van der Waals surface area (Å²) in [6, 6.07) is 13.2. The highest BCUT2D eigenvalue weighted by Crippen LogP contribution is 2.40. The third-order valence-corrected chi connectivity index (χ3v) is 8.66. The number of amides is 1. The zero-order chi connectivity index (χ0) is 30.2. The molecule has 0 bridgehead atoms. The monoisotopic (exact) mass is 581 g/mol. The molecule has 0 aliphatic heterocycles. The minimum absolute atomic E-state index is 0.214. The number of nitrogens with one attached hydrogen (secondary N) is 1. The van der Waals surface area contributed by atoms with Crippen molar-refractivity contribution < 1.29 is 24.2 Å². The van der Waals surface area contributed by atoms with Crippen molar-refractivity contribution in [2.24, 2.45) is 13.0 Å². The molecule has 0 unspecified atom stereocenters. The fourth-order valence-corrected chi connectivity index (χ4v) is 6.44. The highest BCUT2D eigenvalue weighted by molar-refractivity contribution is 6.08. The van der Waals surface area contributed by atoms with E-state index in [1.165, 1.54) is 0 Å². The van der Waals surface area contributed by atoms with Gasteiger partial charge in [-0.3, -0.25) is 19.0 Å². The Labute approximate surface area is 249 Å². The predicted molar refractivity (Wildman–Crippen MR) is 164 cm³/mol. The number of fused-ring (bicyclic) bond motifs is 2. The number of benzene rings is 2. The second kappa shape index (κ2) is 11.4. The third-order valence-electron chi connectivity index (χ3n) is 8.66. The van der Waals surface area contributed by atoms with Gasteiger partial charge in [-0.1, -0.05) is 12.1 Å². The van der Waals surface area contributed by atoms with Crippen molar-refractivity contribution >= 4 is 34.0 Å². The van der Waals surface area contributed by atoms with E-state index in [1.807, 2.05) is 67.2 Å². The number of anilines is 1. The van der Waals surface area contributed by atoms with Gasteiger partial charge >= 0.3 is 5.97 Å². The van der Waals surface area contributed by atoms with Crippen LogP contribution in [0.3, 0.4) is 0 Å². The molecule has 3 aromatic heterocycles. The van der Waals surface area contributed by atoms with E-state index in [-0.39, 0.29) is 24.2 Å². The number of ether oxygens (including phenoxy) is 2. The summed E-state index contributed by atoms with van der Waals surface area (Å²) < 4.78 is 15.2. The maximum Gasteiger partial charge on any atom is 0.303 e. The number of hydrogen-bond acceptors (Lipinski definition) is 6. The van der Waals surface area contributed by atoms with Crippen LogP contribution in [-0.4, -0.2) is 50.1 Å². The lowest BCUT2D eigenvalue weighted by atomic mass is 9.80. The van der Waals surface area contributed by atoms with Crippen LogP contribution in [0.5, 0.6) is 11.5 Å². The van der Waals surface area contributed by atoms with Crippen LogP contribution in [0.1, 0.15) is 60.0 Å². The standard InChI is InChI=1S/C33H35N5O5/c1-19-31-30(36-32(38(31)15-14-34-19)21-10-8-20(9-11-21)16-29(39)40)22-12-13-24(28(17-22)43-4)35-33(41)26-18-23-25(37(26)2)6-5-7-27(23)42-3/h5-7,12-15,17-18,20-21H,8-11,16H2,1-4H3,(H,35,41)(H,39,40)/t20-,21-. The number of aliphatic carboxylic acids is 1. The van der Waals surface area contributed by atoms with Crippen LogP contribution in [0.15, 0.2) is 54.9 Å². The molecular formula is C33H35N5O5. The summed E-state index contributed by atoms with van der Waals surface area (Å²) in [5, 5.41) is 13.1. The number of carboxylic acids is 1. The Bertz CT molecular complexity index is 1850. The van der Waals surface area contributed by atoms with Crippen molar-refractivity contribution in [2.75, 3.05) is 19.5 Å². The normalized spacial score (nSPS) is 16.8. The van der Waals surface area contributed by atoms with Crippen LogP contribution in [-0.2, 0) is 11.8 Å². The molecule has 0 atom stereocenters. The Balaban J connectivity index is 1.31. The Hall–Kier alpha value is -4.86. The van der Waals surface area contributed by atoms with Gasteiger partial charge < -0.3 is 24.5 Å². The second-order valence-corrected chi connectivity index (χ2v) is 11.2. The molecule has 1 saturated carbocycles. The number of imidazole rings is 1. The van der Waals surface area contributed by atoms with Crippen molar-refractivity contribution in [1.29, 1.82) is 0 Å². The Morgan fingerprint density at radius 3 is 2.53 bits per heavy atom. The van der Waals surface area contributed by atoms with Crippen LogP contribution >= 0.6 is 0 Å². The molecule has 1 amide bonds. The first-order valence-corrected chi connectivity index (χ1v) is 14.5. The number of aromatic nitrogens is 4. The lowest BCUT2D eigenvalue weighted by Crippen LogP contribution is -2.17. The first-order chi connectivity index (χ1) is 20.8. The van der Waals surface area contributed by atoms with Crippen molar-refractivity contribution in [3.05, 3.63) is 72.1 Å². The van der Waals surface area contributed by atoms with Gasteiger partial charge in [-0.25, -0.2) is 4.98 Å². The van der Waals surface area contributed by atoms with E-state index in [4.69, 9.17) is 14.5 Å². The lowest BCUT2D eigenvalue weighted by molar-refractivity contribution is -0.138. The largest absolute Gasteiger partial charge is 0.496 e. The molecular weight excluding hydrogens is 546 g/mol. The van der Waals surface area contributed by atoms with Gasteiger partial charge in [0.15, 0.2) is 0 Å². The molecule has 222 valence electrons. The topological polar surface area (TPSA) is 120 Å². The number of aryl methyl sites for hydroxylation is 2. The van der Waals surface area contributed by atoms with E-state index in [0.717, 1.165) is 64.9 Å². The summed E-state index contributed by atoms with van der Waals surface area (Å²) in [6.07, 6.45) is 7.49. The average Bonchev–Trinajstić information content (AvgIpc) is 3.56. The summed E-state index contributed by atoms with van der Waals surface area (Å²) >= 11 is 0. The Morgan fingerprint density at radius 2 is 1.81 bits per heavy atom. The van der Waals surface area contributed by atoms with Crippen LogP contribution in [0, 0.1) is 12.8 Å². The number of carboxylic acid groups (broad SMARTS) is 1. The van der Waals surface area contributed by atoms with E-state index in [0.29, 0.717) is 22.9 Å². The minimum atomic E-state index is -0.732. The van der Waals surface area contributed by atoms with Crippen LogP contribution in [0.4, 0.5) is 5.69 Å². The molecule has 0 spiro atoms. The van der Waals surface area contributed by atoms with Crippen molar-refractivity contribution in [3.63, 3.8) is 0 Å². The fourth-order valence-electron chi connectivity index (χ4n) is 6.44. The maximum atomic E-state index is 13.4. The van der Waals surface area contributed by atoms with Gasteiger partial charge in [0.1, 0.15) is 23.0 Å². The van der Waals surface area contributed by atoms with Gasteiger partial charge in [0.05, 0.1) is 42.3 Å². The molecule has 43 heavy (non-hydrogen) atoms. The molecule has 10 heteroatoms. The summed E-state index contributed by atoms with van der Waals surface area (Å²) in [5.41, 5.74) is 5.37. The van der Waals surface area contributed by atoms with Gasteiger partial charge in [-0.05, 0) is 68.9 Å². The molecule has 0 radical (unpaired) electrons. The Morgan fingerprint density at radius 1 is 1.05 bits per heavy atom. The third kappa shape index (κ3) is 5.17. The van der Waals surface area contributed by atoms with Crippen LogP contribution in [0.25, 0.3) is 27.7 Å². The van der Waals surface area contributed by atoms with E-state index in [9.17, 15) is 14.7 Å². The smallest absolute Gasteiger partial charge is 0.303 e. The zero-order valence-corrected chi connectivity index (χ0v) is 24.8. The van der Waals surface area contributed by atoms with Crippen molar-refractivity contribution in [3.8, 4) is 22.8 Å². The number of carbonyl (C=O) groups is 2. The average molecular weight is 582 g/mol. The molecule has 0 saturated heterocycles. The van der Waals surface area contributed by atoms with Crippen LogP contribution < -0.4 is 14.8 Å². The van der Waals surface area contributed by atoms with E-state index >= 15 is 0 Å². The molecule has 5 aromatic rings. The Kier molecular flexibility index (Phi) is 7.52. The molecule has 1 aliphatic carbocycles. The van der Waals surface area contributed by atoms with Crippen molar-refractivity contribution in [1.82, 2.24) is 18.9 Å². The molecule has 2 aromatic carbocycles. The fraction of sp³-hybridized carbons (Fsp3) is 0.333. The number of rotatable bonds is 8. The van der Waals surface area contributed by atoms with E-state index in [2.05, 4.69) is 14.7 Å². The molecule has 2 N–H and O–H groups in total. The van der Waals surface area contributed by atoms with Crippen molar-refractivity contribution in [2.45, 2.75) is 44.9 Å². The van der Waals surface area contributed by atoms with E-state index < -0.39 is 5.97 Å². The number of methoxy groups -OCH3 is 2. The molecule has 6 rings (SSSR count). The summed E-state index contributed by atoms with van der Waals surface area (Å²) in [7, 11) is 5.05. The van der Waals surface area contributed by atoms with Crippen LogP contribution in [0.2, 0.25) is 0 Å². The highest BCUT2D eigenvalue weighted by Gasteiger charge is 2.28. The van der Waals surface area contributed by atoms with Gasteiger partial charge in [-0.15, -0.1) is 0 Å². The second-order valence-electron chi connectivity index (χ2n) is 11.2. The molecule has 1 fully saturated rings. The first-order valence-electron chi connectivity index (χ1n) is 14.5. The summed E-state index contributed by atoms with van der Waals surface area (Å²) in [5.74, 6) is 1.63. The van der Waals surface area contributed by atoms with Gasteiger partial charge in [0.2, 0.25) is 0 Å². The minimum Gasteiger partial charge on any atom is -0.496 e. The summed E-state index contributed by atoms with van der Waals surface area (Å²) in [4.78, 5) is 34.3. The SMILES string of the molecule is COc1cc(-c2nc([C@H]3CC[C@H](CC(=O)O)CC3)n3ccnc(C)c23)ccc1NC(=O)c1cc2c(OC)cccc2n1C. The zero-order valence-electron chi connectivity index (χ0n) is 24.8. The number of hydrogen-bond donors (Lipinski definition) is 2. The number of nitrogens with zero attached hydrogens (tertiary/aromatic N) is 4. The quantitative estimate of drug-likeness (QED) is 0.223. The lowest BCUT2D eigenvalue weighted by Gasteiger charge is -2.26. The number of carbonyl (C=O) groups excluding carboxylic acids is 1. The van der Waals surface area contributed by atoms with Gasteiger partial charge in [-0.2, -0.15) is 0 Å². The molecule has 1 aliphatic rings. The predicted octanol–water partition coefficient (Wildman–Crippen LogP) is 6.21. The molecule has 3 heterocycles. The summed E-state index contributed by atoms with van der Waals surface area (Å²) in [6.45, 7) is 1.97. The molecule has 10 nitrogen and oxygen atoms in total. The maximum absolute atomic E-state index is 13.4. The van der Waals surface area contributed by atoms with Gasteiger partial charge in [0.25, 0.3) is 5.91 Å². The van der Waals surface area contributed by atoms with Gasteiger partial charge in [0, 0.05) is 42.7 Å². The highest BCUT2D eigenvalue weighted by atomic mass is 16.5. The van der Waals surface area contributed by atoms with E-state index in [1.54, 1.807) is 20.4 Å². The first kappa shape index (κ1) is 28.3.